The molecule has 0 bridgehead atoms. The van der Waals surface area contributed by atoms with Crippen molar-refractivity contribution in [3.8, 4) is 67.5 Å². The van der Waals surface area contributed by atoms with Gasteiger partial charge in [-0.15, -0.1) is 0 Å². The van der Waals surface area contributed by atoms with E-state index < -0.39 is 0 Å². The minimum Gasteiger partial charge on any atom is -0.456 e. The molecule has 0 unspecified atom stereocenters. The summed E-state index contributed by atoms with van der Waals surface area (Å²) < 4.78 is 6.21. The lowest BCUT2D eigenvalue weighted by molar-refractivity contribution is 0.669. The molecule has 4 nitrogen and oxygen atoms in total. The summed E-state index contributed by atoms with van der Waals surface area (Å²) in [6.45, 7) is 0. The molecule has 0 aliphatic carbocycles. The fourth-order valence-corrected chi connectivity index (χ4v) is 6.44. The van der Waals surface area contributed by atoms with Crippen molar-refractivity contribution in [1.82, 2.24) is 15.0 Å². The van der Waals surface area contributed by atoms with E-state index >= 15 is 0 Å². The Labute approximate surface area is 284 Å². The van der Waals surface area contributed by atoms with Crippen LogP contribution in [0, 0.1) is 0 Å². The van der Waals surface area contributed by atoms with Crippen molar-refractivity contribution in [1.29, 1.82) is 0 Å². The van der Waals surface area contributed by atoms with Gasteiger partial charge in [0.25, 0.3) is 0 Å². The normalized spacial score (nSPS) is 11.3. The molecule has 0 radical (unpaired) electrons. The average molecular weight is 628 g/mol. The molecule has 0 saturated heterocycles. The lowest BCUT2D eigenvalue weighted by atomic mass is 10.0. The standard InChI is InChI=1S/C45H29N3O/c1-3-12-30(13-4-1)32-16-9-19-36(26-32)43-46-44(37-20-10-17-33(27-37)31-14-5-2-6-15-31)48-45(47-43)38-21-11-18-34(28-38)35-24-25-40-39-22-7-8-23-41(39)49-42(40)29-35/h1-29H. The highest BCUT2D eigenvalue weighted by Crippen LogP contribution is 2.34. The number of rotatable bonds is 6. The Morgan fingerprint density at radius 1 is 0.265 bits per heavy atom. The van der Waals surface area contributed by atoms with E-state index in [4.69, 9.17) is 19.4 Å². The number of benzene rings is 7. The van der Waals surface area contributed by atoms with Gasteiger partial charge in [-0.25, -0.2) is 15.0 Å². The van der Waals surface area contributed by atoms with Crippen LogP contribution in [0.25, 0.3) is 89.5 Å². The Morgan fingerprint density at radius 2 is 0.653 bits per heavy atom. The van der Waals surface area contributed by atoms with E-state index in [2.05, 4.69) is 146 Å². The van der Waals surface area contributed by atoms with Gasteiger partial charge in [0.1, 0.15) is 11.2 Å². The minimum absolute atomic E-state index is 0.613. The highest BCUT2D eigenvalue weighted by molar-refractivity contribution is 6.05. The van der Waals surface area contributed by atoms with Crippen LogP contribution in [-0.2, 0) is 0 Å². The lowest BCUT2D eigenvalue weighted by Gasteiger charge is -2.11. The van der Waals surface area contributed by atoms with E-state index in [1.165, 1.54) is 0 Å². The molecule has 0 aliphatic heterocycles. The molecule has 7 aromatic carbocycles. The third-order valence-electron chi connectivity index (χ3n) is 8.92. The van der Waals surface area contributed by atoms with Gasteiger partial charge < -0.3 is 4.42 Å². The highest BCUT2D eigenvalue weighted by atomic mass is 16.3. The number of aromatic nitrogens is 3. The maximum absolute atomic E-state index is 6.21. The van der Waals surface area contributed by atoms with Crippen molar-refractivity contribution in [3.05, 3.63) is 176 Å². The molecule has 230 valence electrons. The maximum Gasteiger partial charge on any atom is 0.164 e. The molecular formula is C45H29N3O. The summed E-state index contributed by atoms with van der Waals surface area (Å²) in [5.74, 6) is 1.86. The third kappa shape index (κ3) is 5.56. The van der Waals surface area contributed by atoms with Crippen molar-refractivity contribution < 1.29 is 4.42 Å². The summed E-state index contributed by atoms with van der Waals surface area (Å²) >= 11 is 0. The molecule has 0 saturated carbocycles. The van der Waals surface area contributed by atoms with Gasteiger partial charge in [-0.3, -0.25) is 0 Å². The molecule has 0 amide bonds. The second kappa shape index (κ2) is 12.2. The van der Waals surface area contributed by atoms with Gasteiger partial charge >= 0.3 is 0 Å². The molecule has 0 atom stereocenters. The van der Waals surface area contributed by atoms with Crippen LogP contribution in [0.1, 0.15) is 0 Å². The predicted molar refractivity (Wildman–Crippen MR) is 200 cm³/mol. The first-order chi connectivity index (χ1) is 24.2. The average Bonchev–Trinajstić information content (AvgIpc) is 3.57. The Kier molecular flexibility index (Phi) is 7.10. The summed E-state index contributed by atoms with van der Waals surface area (Å²) in [6, 6.07) is 60.5. The number of nitrogens with zero attached hydrogens (tertiary/aromatic N) is 3. The van der Waals surface area contributed by atoms with Crippen molar-refractivity contribution in [2.75, 3.05) is 0 Å². The van der Waals surface area contributed by atoms with Crippen LogP contribution in [0.3, 0.4) is 0 Å². The molecule has 0 fully saturated rings. The summed E-state index contributed by atoms with van der Waals surface area (Å²) in [5, 5.41) is 2.23. The Hall–Kier alpha value is -6.65. The van der Waals surface area contributed by atoms with E-state index in [0.29, 0.717) is 17.5 Å². The number of fused-ring (bicyclic) bond motifs is 3. The van der Waals surface area contributed by atoms with Crippen molar-refractivity contribution in [2.24, 2.45) is 0 Å². The van der Waals surface area contributed by atoms with Gasteiger partial charge in [-0.2, -0.15) is 0 Å². The lowest BCUT2D eigenvalue weighted by Crippen LogP contribution is -2.00. The fourth-order valence-electron chi connectivity index (χ4n) is 6.44. The first-order valence-electron chi connectivity index (χ1n) is 16.4. The molecule has 2 heterocycles. The SMILES string of the molecule is c1ccc(-c2cccc(-c3nc(-c4cccc(-c5ccccc5)c4)nc(-c4cccc(-c5ccc6c(c5)oc5ccccc56)c4)n3)c2)cc1. The predicted octanol–water partition coefficient (Wildman–Crippen LogP) is 11.8. The van der Waals surface area contributed by atoms with Crippen LogP contribution in [0.2, 0.25) is 0 Å². The molecule has 4 heteroatoms. The van der Waals surface area contributed by atoms with Gasteiger partial charge in [0.05, 0.1) is 0 Å². The monoisotopic (exact) mass is 627 g/mol. The Morgan fingerprint density at radius 3 is 1.18 bits per heavy atom. The van der Waals surface area contributed by atoms with E-state index in [1.54, 1.807) is 0 Å². The van der Waals surface area contributed by atoms with Crippen LogP contribution in [-0.4, -0.2) is 15.0 Å². The van der Waals surface area contributed by atoms with Gasteiger partial charge in [-0.1, -0.05) is 140 Å². The van der Waals surface area contributed by atoms with Crippen LogP contribution in [0.5, 0.6) is 0 Å². The number of hydrogen-bond acceptors (Lipinski definition) is 4. The third-order valence-corrected chi connectivity index (χ3v) is 8.92. The Balaban J connectivity index is 1.17. The van der Waals surface area contributed by atoms with Crippen LogP contribution in [0.4, 0.5) is 0 Å². The number of furan rings is 1. The van der Waals surface area contributed by atoms with Crippen LogP contribution in [0.15, 0.2) is 180 Å². The molecule has 0 N–H and O–H groups in total. The smallest absolute Gasteiger partial charge is 0.164 e. The molecule has 49 heavy (non-hydrogen) atoms. The molecule has 0 spiro atoms. The maximum atomic E-state index is 6.21. The van der Waals surface area contributed by atoms with Gasteiger partial charge in [0, 0.05) is 27.5 Å². The second-order valence-electron chi connectivity index (χ2n) is 12.1. The zero-order valence-corrected chi connectivity index (χ0v) is 26.5. The fraction of sp³-hybridized carbons (Fsp3) is 0. The zero-order chi connectivity index (χ0) is 32.6. The summed E-state index contributed by atoms with van der Waals surface area (Å²) in [7, 11) is 0. The van der Waals surface area contributed by atoms with Gasteiger partial charge in [0.15, 0.2) is 17.5 Å². The van der Waals surface area contributed by atoms with Crippen molar-refractivity contribution in [3.63, 3.8) is 0 Å². The van der Waals surface area contributed by atoms with Crippen molar-refractivity contribution >= 4 is 21.9 Å². The quantitative estimate of drug-likeness (QED) is 0.184. The Bertz CT molecular complexity index is 2510. The number of hydrogen-bond donors (Lipinski definition) is 0. The first kappa shape index (κ1) is 28.6. The summed E-state index contributed by atoms with van der Waals surface area (Å²) in [6.07, 6.45) is 0. The molecule has 2 aromatic heterocycles. The van der Waals surface area contributed by atoms with E-state index in [9.17, 15) is 0 Å². The van der Waals surface area contributed by atoms with Gasteiger partial charge in [0.2, 0.25) is 0 Å². The summed E-state index contributed by atoms with van der Waals surface area (Å²) in [5.41, 5.74) is 11.1. The zero-order valence-electron chi connectivity index (χ0n) is 26.5. The highest BCUT2D eigenvalue weighted by Gasteiger charge is 2.15. The van der Waals surface area contributed by atoms with E-state index in [1.807, 2.05) is 30.3 Å². The summed E-state index contributed by atoms with van der Waals surface area (Å²) in [4.78, 5) is 15.2. The van der Waals surface area contributed by atoms with E-state index in [-0.39, 0.29) is 0 Å². The van der Waals surface area contributed by atoms with Crippen LogP contribution >= 0.6 is 0 Å². The van der Waals surface area contributed by atoms with Crippen LogP contribution < -0.4 is 0 Å². The molecular weight excluding hydrogens is 599 g/mol. The largest absolute Gasteiger partial charge is 0.456 e. The second-order valence-corrected chi connectivity index (χ2v) is 12.1. The first-order valence-corrected chi connectivity index (χ1v) is 16.4. The molecule has 0 aliphatic rings. The number of para-hydroxylation sites is 1. The van der Waals surface area contributed by atoms with Gasteiger partial charge in [-0.05, 0) is 69.8 Å². The molecule has 9 aromatic rings. The van der Waals surface area contributed by atoms with Crippen molar-refractivity contribution in [2.45, 2.75) is 0 Å². The topological polar surface area (TPSA) is 51.8 Å². The van der Waals surface area contributed by atoms with E-state index in [0.717, 1.165) is 72.0 Å². The minimum atomic E-state index is 0.613. The molecule has 9 rings (SSSR count).